The summed E-state index contributed by atoms with van der Waals surface area (Å²) >= 11 is 0. The molecule has 7 heteroatoms. The highest BCUT2D eigenvalue weighted by Crippen LogP contribution is 2.26. The number of imidazole rings is 1. The van der Waals surface area contributed by atoms with Crippen LogP contribution in [0.2, 0.25) is 0 Å². The highest BCUT2D eigenvalue weighted by Gasteiger charge is 2.23. The van der Waals surface area contributed by atoms with Gasteiger partial charge in [-0.05, 0) is 44.5 Å². The lowest BCUT2D eigenvalue weighted by Gasteiger charge is -2.32. The summed E-state index contributed by atoms with van der Waals surface area (Å²) in [6.07, 6.45) is 3.58. The molecule has 1 aromatic carbocycles. The van der Waals surface area contributed by atoms with E-state index in [0.29, 0.717) is 16.6 Å². The number of H-pyrrole nitrogens is 1. The molecule has 4 rings (SSSR count). The van der Waals surface area contributed by atoms with E-state index >= 15 is 0 Å². The van der Waals surface area contributed by atoms with Gasteiger partial charge < -0.3 is 14.8 Å². The molecule has 0 bridgehead atoms. The van der Waals surface area contributed by atoms with Crippen LogP contribution < -0.4 is 5.56 Å². The number of aryl methyl sites for hydroxylation is 1. The van der Waals surface area contributed by atoms with Crippen LogP contribution >= 0.6 is 0 Å². The summed E-state index contributed by atoms with van der Waals surface area (Å²) in [5, 5.41) is 0. The number of hydrogen-bond donors (Lipinski definition) is 1. The van der Waals surface area contributed by atoms with Gasteiger partial charge in [0, 0.05) is 37.7 Å². The number of amides is 1. The Hall–Kier alpha value is -2.67. The van der Waals surface area contributed by atoms with Gasteiger partial charge in [0.1, 0.15) is 11.3 Å². The minimum absolute atomic E-state index is 0.0318. The molecule has 1 N–H and O–H groups in total. The average Bonchev–Trinajstić information content (AvgIpc) is 3.15. The minimum Gasteiger partial charge on any atom is -0.336 e. The quantitative estimate of drug-likeness (QED) is 0.737. The number of aromatic nitrogens is 3. The summed E-state index contributed by atoms with van der Waals surface area (Å²) in [7, 11) is 2.07. The molecule has 0 unspecified atom stereocenters. The topological polar surface area (TPSA) is 73.7 Å². The van der Waals surface area contributed by atoms with Gasteiger partial charge in [-0.1, -0.05) is 13.8 Å². The van der Waals surface area contributed by atoms with Crippen LogP contribution in [0, 0.1) is 6.92 Å². The van der Waals surface area contributed by atoms with Crippen LogP contribution in [-0.2, 0) is 0 Å². The third-order valence-corrected chi connectivity index (χ3v) is 6.23. The van der Waals surface area contributed by atoms with E-state index in [1.54, 1.807) is 6.20 Å². The van der Waals surface area contributed by atoms with Gasteiger partial charge in [0.2, 0.25) is 0 Å². The number of carbonyl (C=O) groups is 1. The van der Waals surface area contributed by atoms with E-state index in [0.717, 1.165) is 55.9 Å². The Kier molecular flexibility index (Phi) is 5.17. The summed E-state index contributed by atoms with van der Waals surface area (Å²) in [5.41, 5.74) is 3.52. The maximum atomic E-state index is 13.1. The first kappa shape index (κ1) is 19.6. The molecule has 7 nitrogen and oxygen atoms in total. The van der Waals surface area contributed by atoms with Crippen molar-refractivity contribution in [3.05, 3.63) is 45.6 Å². The highest BCUT2D eigenvalue weighted by molar-refractivity contribution is 5.99. The van der Waals surface area contributed by atoms with Crippen molar-refractivity contribution in [2.24, 2.45) is 0 Å². The lowest BCUT2D eigenvalue weighted by atomic mass is 10.0. The summed E-state index contributed by atoms with van der Waals surface area (Å²) in [4.78, 5) is 37.5. The molecule has 1 aliphatic rings. The third kappa shape index (κ3) is 3.33. The lowest BCUT2D eigenvalue weighted by Crippen LogP contribution is -2.47. The van der Waals surface area contributed by atoms with Gasteiger partial charge in [0.15, 0.2) is 0 Å². The van der Waals surface area contributed by atoms with Crippen molar-refractivity contribution >= 4 is 22.5 Å². The van der Waals surface area contributed by atoms with Crippen molar-refractivity contribution in [2.45, 2.75) is 39.5 Å². The summed E-state index contributed by atoms with van der Waals surface area (Å²) < 4.78 is 1.98. The summed E-state index contributed by atoms with van der Waals surface area (Å²) in [6.45, 7) is 9.46. The Morgan fingerprint density at radius 1 is 1.14 bits per heavy atom. The van der Waals surface area contributed by atoms with Crippen LogP contribution in [-0.4, -0.2) is 63.3 Å². The van der Waals surface area contributed by atoms with Crippen LogP contribution in [0.15, 0.2) is 23.1 Å². The Balaban J connectivity index is 1.86. The van der Waals surface area contributed by atoms with E-state index in [9.17, 15) is 9.59 Å². The smallest absolute Gasteiger partial charge is 0.274 e. The van der Waals surface area contributed by atoms with E-state index in [1.807, 2.05) is 28.4 Å². The molecule has 0 atom stereocenters. The van der Waals surface area contributed by atoms with Gasteiger partial charge in [-0.25, -0.2) is 4.98 Å². The van der Waals surface area contributed by atoms with Crippen molar-refractivity contribution in [3.8, 4) is 0 Å². The van der Waals surface area contributed by atoms with Crippen LogP contribution in [0.25, 0.3) is 16.6 Å². The van der Waals surface area contributed by atoms with Gasteiger partial charge in [0.05, 0.1) is 17.2 Å². The van der Waals surface area contributed by atoms with Crippen molar-refractivity contribution in [1.82, 2.24) is 24.2 Å². The number of carbonyl (C=O) groups excluding carboxylic acids is 1. The first-order valence-corrected chi connectivity index (χ1v) is 10.5. The number of aromatic amines is 1. The van der Waals surface area contributed by atoms with E-state index in [-0.39, 0.29) is 17.4 Å². The minimum atomic E-state index is -0.177. The Morgan fingerprint density at radius 3 is 2.48 bits per heavy atom. The number of piperazine rings is 1. The van der Waals surface area contributed by atoms with E-state index in [2.05, 4.69) is 35.8 Å². The SMILES string of the molecule is CCC(CC)c1ncc2c(=O)[nH]c3cc(C(=O)N4CCN(C)CC4)c(C)cc3n12. The van der Waals surface area contributed by atoms with Gasteiger partial charge in [-0.15, -0.1) is 0 Å². The van der Waals surface area contributed by atoms with Crippen LogP contribution in [0.3, 0.4) is 0 Å². The number of nitrogens with one attached hydrogen (secondary N) is 1. The maximum Gasteiger partial charge on any atom is 0.274 e. The maximum absolute atomic E-state index is 13.1. The van der Waals surface area contributed by atoms with Crippen LogP contribution in [0.1, 0.15) is 54.4 Å². The zero-order valence-corrected chi connectivity index (χ0v) is 17.7. The molecule has 0 aliphatic carbocycles. The summed E-state index contributed by atoms with van der Waals surface area (Å²) in [5.74, 6) is 1.23. The molecule has 1 amide bonds. The zero-order chi connectivity index (χ0) is 20.7. The highest BCUT2D eigenvalue weighted by atomic mass is 16.2. The van der Waals surface area contributed by atoms with E-state index in [1.165, 1.54) is 0 Å². The van der Waals surface area contributed by atoms with Crippen molar-refractivity contribution < 1.29 is 4.79 Å². The Bertz CT molecular complexity index is 1120. The van der Waals surface area contributed by atoms with Gasteiger partial charge in [-0.2, -0.15) is 0 Å². The first-order chi connectivity index (χ1) is 13.9. The lowest BCUT2D eigenvalue weighted by molar-refractivity contribution is 0.0663. The molecule has 1 fully saturated rings. The predicted molar refractivity (Wildman–Crippen MR) is 115 cm³/mol. The molecule has 3 heterocycles. The number of hydrogen-bond acceptors (Lipinski definition) is 4. The molecule has 3 aromatic rings. The Labute approximate surface area is 170 Å². The number of benzene rings is 1. The number of fused-ring (bicyclic) bond motifs is 3. The fraction of sp³-hybridized carbons (Fsp3) is 0.500. The van der Waals surface area contributed by atoms with Crippen molar-refractivity contribution in [1.29, 1.82) is 0 Å². The van der Waals surface area contributed by atoms with E-state index in [4.69, 9.17) is 0 Å². The van der Waals surface area contributed by atoms with Crippen LogP contribution in [0.4, 0.5) is 0 Å². The fourth-order valence-electron chi connectivity index (χ4n) is 4.30. The number of likely N-dealkylation sites (N-methyl/N-ethyl adjacent to an activating group) is 1. The fourth-order valence-corrected chi connectivity index (χ4v) is 4.30. The molecular formula is C22H29N5O2. The molecule has 2 aromatic heterocycles. The molecule has 1 aliphatic heterocycles. The molecule has 0 radical (unpaired) electrons. The number of rotatable bonds is 4. The predicted octanol–water partition coefficient (Wildman–Crippen LogP) is 2.78. The van der Waals surface area contributed by atoms with Crippen molar-refractivity contribution in [2.75, 3.05) is 33.2 Å². The molecule has 29 heavy (non-hydrogen) atoms. The zero-order valence-electron chi connectivity index (χ0n) is 17.7. The van der Waals surface area contributed by atoms with Gasteiger partial charge in [-0.3, -0.25) is 14.0 Å². The van der Waals surface area contributed by atoms with Gasteiger partial charge in [0.25, 0.3) is 11.5 Å². The standard InChI is InChI=1S/C22H29N5O2/c1-5-15(6-2)20-23-13-19-21(28)24-17-12-16(14(3)11-18(17)27(19)20)22(29)26-9-7-25(4)8-10-26/h11-13,15H,5-10H2,1-4H3,(H,24,28). The largest absolute Gasteiger partial charge is 0.336 e. The second-order valence-corrected chi connectivity index (χ2v) is 8.08. The van der Waals surface area contributed by atoms with Crippen molar-refractivity contribution in [3.63, 3.8) is 0 Å². The van der Waals surface area contributed by atoms with Gasteiger partial charge >= 0.3 is 0 Å². The Morgan fingerprint density at radius 2 is 1.83 bits per heavy atom. The second-order valence-electron chi connectivity index (χ2n) is 8.08. The average molecular weight is 396 g/mol. The third-order valence-electron chi connectivity index (χ3n) is 6.23. The molecular weight excluding hydrogens is 366 g/mol. The first-order valence-electron chi connectivity index (χ1n) is 10.5. The van der Waals surface area contributed by atoms with E-state index < -0.39 is 0 Å². The summed E-state index contributed by atoms with van der Waals surface area (Å²) in [6, 6.07) is 3.85. The molecule has 1 saturated heterocycles. The molecule has 0 spiro atoms. The normalized spacial score (nSPS) is 15.7. The molecule has 154 valence electrons. The molecule has 0 saturated carbocycles. The number of nitrogens with zero attached hydrogens (tertiary/aromatic N) is 4. The monoisotopic (exact) mass is 395 g/mol. The second kappa shape index (κ2) is 7.63. The van der Waals surface area contributed by atoms with Crippen LogP contribution in [0.5, 0.6) is 0 Å².